The second-order valence-corrected chi connectivity index (χ2v) is 6.34. The minimum absolute atomic E-state index is 0.579. The number of hydrogen-bond acceptors (Lipinski definition) is 3. The van der Waals surface area contributed by atoms with Gasteiger partial charge in [-0.15, -0.1) is 0 Å². The number of rotatable bonds is 4. The van der Waals surface area contributed by atoms with Crippen LogP contribution in [0.5, 0.6) is 0 Å². The molecule has 106 valence electrons. The first-order chi connectivity index (χ1) is 8.72. The summed E-state index contributed by atoms with van der Waals surface area (Å²) < 4.78 is 5.47. The van der Waals surface area contributed by atoms with Gasteiger partial charge >= 0.3 is 0 Å². The Morgan fingerprint density at radius 1 is 1.22 bits per heavy atom. The first-order valence-corrected chi connectivity index (χ1v) is 7.72. The van der Waals surface area contributed by atoms with Gasteiger partial charge in [-0.05, 0) is 44.6 Å². The SMILES string of the molecule is CC1CCCC(C(CN)N(C)C2CCOCC2)C1. The summed E-state index contributed by atoms with van der Waals surface area (Å²) in [6, 6.07) is 1.26. The molecule has 0 radical (unpaired) electrons. The third-order valence-electron chi connectivity index (χ3n) is 5.05. The summed E-state index contributed by atoms with van der Waals surface area (Å²) in [5.74, 6) is 1.70. The Bertz CT molecular complexity index is 241. The number of nitrogens with two attached hydrogens (primary N) is 1. The van der Waals surface area contributed by atoms with E-state index in [0.717, 1.165) is 31.6 Å². The highest BCUT2D eigenvalue weighted by Crippen LogP contribution is 2.33. The molecule has 0 spiro atoms. The van der Waals surface area contributed by atoms with Gasteiger partial charge in [0.1, 0.15) is 0 Å². The summed E-state index contributed by atoms with van der Waals surface area (Å²) in [4.78, 5) is 2.57. The maximum Gasteiger partial charge on any atom is 0.0480 e. The van der Waals surface area contributed by atoms with Crippen molar-refractivity contribution in [3.8, 4) is 0 Å². The van der Waals surface area contributed by atoms with Gasteiger partial charge in [0.25, 0.3) is 0 Å². The first kappa shape index (κ1) is 14.3. The predicted molar refractivity (Wildman–Crippen MR) is 75.6 cm³/mol. The average Bonchev–Trinajstić information content (AvgIpc) is 2.40. The lowest BCUT2D eigenvalue weighted by atomic mass is 9.77. The van der Waals surface area contributed by atoms with Crippen molar-refractivity contribution in [1.82, 2.24) is 4.90 Å². The number of likely N-dealkylation sites (N-methyl/N-ethyl adjacent to an activating group) is 1. The largest absolute Gasteiger partial charge is 0.381 e. The normalized spacial score (nSPS) is 32.7. The van der Waals surface area contributed by atoms with Crippen molar-refractivity contribution in [1.29, 1.82) is 0 Å². The van der Waals surface area contributed by atoms with Crippen molar-refractivity contribution >= 4 is 0 Å². The molecule has 3 unspecified atom stereocenters. The quantitative estimate of drug-likeness (QED) is 0.836. The fraction of sp³-hybridized carbons (Fsp3) is 1.00. The van der Waals surface area contributed by atoms with E-state index in [9.17, 15) is 0 Å². The zero-order valence-electron chi connectivity index (χ0n) is 12.1. The molecule has 0 amide bonds. The van der Waals surface area contributed by atoms with Crippen molar-refractivity contribution in [2.45, 2.75) is 57.5 Å². The first-order valence-electron chi connectivity index (χ1n) is 7.72. The number of hydrogen-bond donors (Lipinski definition) is 1. The maximum absolute atomic E-state index is 6.08. The second-order valence-electron chi connectivity index (χ2n) is 6.34. The Kier molecular flexibility index (Phi) is 5.46. The summed E-state index contributed by atoms with van der Waals surface area (Å²) in [5.41, 5.74) is 6.08. The van der Waals surface area contributed by atoms with E-state index in [2.05, 4.69) is 18.9 Å². The standard InChI is InChI=1S/C15H30N2O/c1-12-4-3-5-13(10-12)15(11-16)17(2)14-6-8-18-9-7-14/h12-15H,3-11,16H2,1-2H3. The van der Waals surface area contributed by atoms with Crippen LogP contribution in [0.4, 0.5) is 0 Å². The van der Waals surface area contributed by atoms with Crippen molar-refractivity contribution in [3.63, 3.8) is 0 Å². The Morgan fingerprint density at radius 2 is 1.94 bits per heavy atom. The predicted octanol–water partition coefficient (Wildman–Crippen LogP) is 2.25. The Balaban J connectivity index is 1.93. The summed E-state index contributed by atoms with van der Waals surface area (Å²) in [7, 11) is 2.28. The Morgan fingerprint density at radius 3 is 2.56 bits per heavy atom. The summed E-state index contributed by atoms with van der Waals surface area (Å²) in [5, 5.41) is 0. The fourth-order valence-corrected chi connectivity index (χ4v) is 3.88. The van der Waals surface area contributed by atoms with E-state index in [1.807, 2.05) is 0 Å². The van der Waals surface area contributed by atoms with Crippen LogP contribution in [0.1, 0.15) is 45.4 Å². The van der Waals surface area contributed by atoms with Crippen molar-refractivity contribution in [2.24, 2.45) is 17.6 Å². The summed E-state index contributed by atoms with van der Waals surface area (Å²) >= 11 is 0. The molecule has 1 aliphatic heterocycles. The van der Waals surface area contributed by atoms with Crippen LogP contribution in [-0.4, -0.2) is 43.8 Å². The average molecular weight is 254 g/mol. The molecule has 1 aliphatic carbocycles. The third kappa shape index (κ3) is 3.46. The van der Waals surface area contributed by atoms with Gasteiger partial charge in [-0.25, -0.2) is 0 Å². The molecule has 3 heteroatoms. The van der Waals surface area contributed by atoms with Gasteiger partial charge in [-0.3, -0.25) is 4.90 Å². The smallest absolute Gasteiger partial charge is 0.0480 e. The van der Waals surface area contributed by atoms with Crippen LogP contribution in [0.15, 0.2) is 0 Å². The minimum atomic E-state index is 0.579. The van der Waals surface area contributed by atoms with E-state index in [1.165, 1.54) is 38.5 Å². The van der Waals surface area contributed by atoms with Crippen LogP contribution in [0, 0.1) is 11.8 Å². The molecule has 1 heterocycles. The lowest BCUT2D eigenvalue weighted by molar-refractivity contribution is 0.0123. The molecule has 2 aliphatic rings. The highest BCUT2D eigenvalue weighted by atomic mass is 16.5. The molecular formula is C15H30N2O. The van der Waals surface area contributed by atoms with Crippen LogP contribution in [0.3, 0.4) is 0 Å². The van der Waals surface area contributed by atoms with Gasteiger partial charge in [-0.1, -0.05) is 19.8 Å². The molecule has 0 aromatic rings. The van der Waals surface area contributed by atoms with Crippen LogP contribution in [0.25, 0.3) is 0 Å². The molecule has 0 bridgehead atoms. The van der Waals surface area contributed by atoms with Gasteiger partial charge in [0.2, 0.25) is 0 Å². The van der Waals surface area contributed by atoms with Crippen LogP contribution < -0.4 is 5.73 Å². The molecule has 18 heavy (non-hydrogen) atoms. The summed E-state index contributed by atoms with van der Waals surface area (Å²) in [6.45, 7) is 5.06. The molecular weight excluding hydrogens is 224 g/mol. The molecule has 3 atom stereocenters. The molecule has 3 nitrogen and oxygen atoms in total. The zero-order chi connectivity index (χ0) is 13.0. The number of ether oxygens (including phenoxy) is 1. The van der Waals surface area contributed by atoms with Crippen molar-refractivity contribution in [2.75, 3.05) is 26.8 Å². The van der Waals surface area contributed by atoms with E-state index in [1.54, 1.807) is 0 Å². The van der Waals surface area contributed by atoms with Gasteiger partial charge in [0, 0.05) is 31.8 Å². The molecule has 2 fully saturated rings. The molecule has 0 aromatic heterocycles. The van der Waals surface area contributed by atoms with Gasteiger partial charge in [0.15, 0.2) is 0 Å². The molecule has 2 N–H and O–H groups in total. The highest BCUT2D eigenvalue weighted by molar-refractivity contribution is 4.86. The van der Waals surface area contributed by atoms with Crippen LogP contribution in [-0.2, 0) is 4.74 Å². The van der Waals surface area contributed by atoms with Crippen molar-refractivity contribution in [3.05, 3.63) is 0 Å². The highest BCUT2D eigenvalue weighted by Gasteiger charge is 2.32. The van der Waals surface area contributed by atoms with Gasteiger partial charge in [-0.2, -0.15) is 0 Å². The van der Waals surface area contributed by atoms with Crippen LogP contribution >= 0.6 is 0 Å². The zero-order valence-corrected chi connectivity index (χ0v) is 12.1. The third-order valence-corrected chi connectivity index (χ3v) is 5.05. The molecule has 0 aromatic carbocycles. The van der Waals surface area contributed by atoms with E-state index < -0.39 is 0 Å². The Labute approximate surface area is 112 Å². The van der Waals surface area contributed by atoms with E-state index in [4.69, 9.17) is 10.5 Å². The number of nitrogens with zero attached hydrogens (tertiary/aromatic N) is 1. The topological polar surface area (TPSA) is 38.5 Å². The van der Waals surface area contributed by atoms with Gasteiger partial charge in [0.05, 0.1) is 0 Å². The van der Waals surface area contributed by atoms with E-state index >= 15 is 0 Å². The molecule has 2 rings (SSSR count). The Hall–Kier alpha value is -0.120. The van der Waals surface area contributed by atoms with Crippen molar-refractivity contribution < 1.29 is 4.74 Å². The maximum atomic E-state index is 6.08. The monoisotopic (exact) mass is 254 g/mol. The van der Waals surface area contributed by atoms with Gasteiger partial charge < -0.3 is 10.5 Å². The van der Waals surface area contributed by atoms with Crippen LogP contribution in [0.2, 0.25) is 0 Å². The lowest BCUT2D eigenvalue weighted by Crippen LogP contribution is -2.50. The summed E-state index contributed by atoms with van der Waals surface area (Å²) in [6.07, 6.45) is 7.90. The molecule has 1 saturated heterocycles. The molecule has 1 saturated carbocycles. The second kappa shape index (κ2) is 6.88. The lowest BCUT2D eigenvalue weighted by Gasteiger charge is -2.42. The van der Waals surface area contributed by atoms with E-state index in [0.29, 0.717) is 12.1 Å². The fourth-order valence-electron chi connectivity index (χ4n) is 3.88. The minimum Gasteiger partial charge on any atom is -0.381 e. The van der Waals surface area contributed by atoms with E-state index in [-0.39, 0.29) is 0 Å².